The molecule has 0 saturated heterocycles. The molecule has 0 aromatic heterocycles. The molecule has 7 heteroatoms. The zero-order valence-electron chi connectivity index (χ0n) is 21.8. The van der Waals surface area contributed by atoms with E-state index in [1.807, 2.05) is 108 Å². The Bertz CT molecular complexity index is 1220. The molecule has 0 fully saturated rings. The fourth-order valence-electron chi connectivity index (χ4n) is 4.34. The average Bonchev–Trinajstić information content (AvgIpc) is 2.79. The number of benzene rings is 3. The summed E-state index contributed by atoms with van der Waals surface area (Å²) in [5.74, 6) is -0.294. The smallest absolute Gasteiger partial charge is 0.426 e. The van der Waals surface area contributed by atoms with Gasteiger partial charge in [-0.1, -0.05) is 120 Å². The molecule has 0 radical (unpaired) electrons. The molecule has 0 saturated carbocycles. The van der Waals surface area contributed by atoms with E-state index in [1.165, 1.54) is 0 Å². The number of amides is 1. The quantitative estimate of drug-likeness (QED) is 0.385. The van der Waals surface area contributed by atoms with Crippen molar-refractivity contribution in [1.82, 2.24) is 4.72 Å². The summed E-state index contributed by atoms with van der Waals surface area (Å²) in [6.07, 6.45) is -1.55. The Balaban J connectivity index is 2.10. The molecule has 0 bridgehead atoms. The molecular formula is C29H36N2O4S. The molecule has 0 spiro atoms. The van der Waals surface area contributed by atoms with Crippen molar-refractivity contribution >= 4 is 22.0 Å². The van der Waals surface area contributed by atoms with Crippen LogP contribution in [0.2, 0.25) is 0 Å². The van der Waals surface area contributed by atoms with Crippen molar-refractivity contribution in [3.8, 4) is 0 Å². The van der Waals surface area contributed by atoms with E-state index in [0.29, 0.717) is 15.4 Å². The summed E-state index contributed by atoms with van der Waals surface area (Å²) in [5.41, 5.74) is 2.36. The Kier molecular flexibility index (Phi) is 7.96. The molecule has 0 aliphatic carbocycles. The lowest BCUT2D eigenvalue weighted by atomic mass is 9.79. The minimum absolute atomic E-state index is 0.00265. The lowest BCUT2D eigenvalue weighted by Crippen LogP contribution is -2.47. The standard InChI is InChI=1S/C29H36N2O4S/c1-28(2,3)24-18-13-19-25(29(4,5)6)26(24)31(27(32)33)36(34,35)30-20-23(21-14-9-7-10-15-21)22-16-11-8-12-17-22/h7-19,23,30H,20H2,1-6H3,(H,32,33). The first-order valence-electron chi connectivity index (χ1n) is 12.0. The van der Waals surface area contributed by atoms with Crippen LogP contribution in [0.4, 0.5) is 10.5 Å². The molecular weight excluding hydrogens is 472 g/mol. The van der Waals surface area contributed by atoms with Crippen molar-refractivity contribution in [3.05, 3.63) is 101 Å². The van der Waals surface area contributed by atoms with Gasteiger partial charge >= 0.3 is 16.3 Å². The summed E-state index contributed by atoms with van der Waals surface area (Å²) in [5, 5.41) is 10.2. The van der Waals surface area contributed by atoms with Gasteiger partial charge in [0.15, 0.2) is 0 Å². The number of hydrogen-bond donors (Lipinski definition) is 2. The highest BCUT2D eigenvalue weighted by atomic mass is 32.2. The minimum atomic E-state index is -4.47. The maximum atomic E-state index is 13.7. The third-order valence-corrected chi connectivity index (χ3v) is 7.49. The number of rotatable bonds is 7. The second kappa shape index (κ2) is 10.4. The highest BCUT2D eigenvalue weighted by molar-refractivity contribution is 7.91. The predicted octanol–water partition coefficient (Wildman–Crippen LogP) is 6.43. The molecule has 36 heavy (non-hydrogen) atoms. The maximum Gasteiger partial charge on any atom is 0.426 e. The van der Waals surface area contributed by atoms with E-state index in [4.69, 9.17) is 0 Å². The number of para-hydroxylation sites is 1. The first-order valence-corrected chi connectivity index (χ1v) is 13.4. The third kappa shape index (κ3) is 6.15. The number of carboxylic acid groups (broad SMARTS) is 1. The summed E-state index contributed by atoms with van der Waals surface area (Å²) < 4.78 is 30.6. The summed E-state index contributed by atoms with van der Waals surface area (Å²) in [6.45, 7) is 11.7. The normalized spacial score (nSPS) is 12.5. The first-order chi connectivity index (χ1) is 16.7. The van der Waals surface area contributed by atoms with Gasteiger partial charge in [0.25, 0.3) is 0 Å². The average molecular weight is 509 g/mol. The van der Waals surface area contributed by atoms with Gasteiger partial charge in [-0.15, -0.1) is 0 Å². The van der Waals surface area contributed by atoms with Crippen molar-refractivity contribution in [1.29, 1.82) is 0 Å². The van der Waals surface area contributed by atoms with E-state index >= 15 is 0 Å². The van der Waals surface area contributed by atoms with E-state index in [0.717, 1.165) is 11.1 Å². The first kappa shape index (κ1) is 27.4. The van der Waals surface area contributed by atoms with Crippen LogP contribution in [0.15, 0.2) is 78.9 Å². The van der Waals surface area contributed by atoms with E-state index in [2.05, 4.69) is 4.72 Å². The summed E-state index contributed by atoms with van der Waals surface area (Å²) in [7, 11) is -4.47. The molecule has 0 unspecified atom stereocenters. The van der Waals surface area contributed by atoms with E-state index in [9.17, 15) is 18.3 Å². The predicted molar refractivity (Wildman–Crippen MR) is 146 cm³/mol. The fourth-order valence-corrected chi connectivity index (χ4v) is 5.49. The monoisotopic (exact) mass is 508 g/mol. The van der Waals surface area contributed by atoms with Crippen LogP contribution in [-0.2, 0) is 21.0 Å². The molecule has 3 aromatic carbocycles. The number of hydrogen-bond acceptors (Lipinski definition) is 3. The minimum Gasteiger partial charge on any atom is -0.464 e. The molecule has 0 atom stereocenters. The van der Waals surface area contributed by atoms with Gasteiger partial charge in [-0.2, -0.15) is 17.4 Å². The summed E-state index contributed by atoms with van der Waals surface area (Å²) >= 11 is 0. The molecule has 0 aliphatic heterocycles. The van der Waals surface area contributed by atoms with Gasteiger partial charge in [0.2, 0.25) is 0 Å². The van der Waals surface area contributed by atoms with Crippen molar-refractivity contribution in [2.75, 3.05) is 10.8 Å². The van der Waals surface area contributed by atoms with Crippen LogP contribution in [-0.4, -0.2) is 26.2 Å². The molecule has 0 aliphatic rings. The lowest BCUT2D eigenvalue weighted by Gasteiger charge is -2.34. The Labute approximate surface area is 215 Å². The van der Waals surface area contributed by atoms with Crippen LogP contribution in [0.5, 0.6) is 0 Å². The van der Waals surface area contributed by atoms with Gasteiger partial charge in [-0.3, -0.25) is 0 Å². The SMILES string of the molecule is CC(C)(C)c1cccc(C(C)(C)C)c1N(C(=O)O)S(=O)(=O)NCC(c1ccccc1)c1ccccc1. The summed E-state index contributed by atoms with van der Waals surface area (Å²) in [4.78, 5) is 12.6. The molecule has 3 aromatic rings. The highest BCUT2D eigenvalue weighted by Gasteiger charge is 2.38. The Hall–Kier alpha value is -3.16. The molecule has 3 rings (SSSR count). The number of anilines is 1. The van der Waals surface area contributed by atoms with Crippen LogP contribution >= 0.6 is 0 Å². The lowest BCUT2D eigenvalue weighted by molar-refractivity contribution is 0.206. The number of nitrogens with zero attached hydrogens (tertiary/aromatic N) is 1. The Morgan fingerprint density at radius 2 is 1.19 bits per heavy atom. The fraction of sp³-hybridized carbons (Fsp3) is 0.345. The molecule has 1 amide bonds. The highest BCUT2D eigenvalue weighted by Crippen LogP contribution is 2.41. The molecule has 6 nitrogen and oxygen atoms in total. The zero-order valence-corrected chi connectivity index (χ0v) is 22.6. The van der Waals surface area contributed by atoms with Crippen LogP contribution < -0.4 is 9.03 Å². The van der Waals surface area contributed by atoms with Gasteiger partial charge in [-0.25, -0.2) is 4.79 Å². The topological polar surface area (TPSA) is 86.7 Å². The van der Waals surface area contributed by atoms with Crippen LogP contribution in [0.3, 0.4) is 0 Å². The number of carbonyl (C=O) groups is 1. The van der Waals surface area contributed by atoms with Gasteiger partial charge in [0, 0.05) is 12.5 Å². The van der Waals surface area contributed by atoms with E-state index in [1.54, 1.807) is 12.1 Å². The molecule has 2 N–H and O–H groups in total. The van der Waals surface area contributed by atoms with Crippen molar-refractivity contribution in [3.63, 3.8) is 0 Å². The number of nitrogens with one attached hydrogen (secondary N) is 1. The van der Waals surface area contributed by atoms with Crippen molar-refractivity contribution in [2.24, 2.45) is 0 Å². The van der Waals surface area contributed by atoms with E-state index in [-0.39, 0.29) is 18.2 Å². The Morgan fingerprint density at radius 3 is 1.56 bits per heavy atom. The van der Waals surface area contributed by atoms with Gasteiger partial charge in [0.05, 0.1) is 5.69 Å². The van der Waals surface area contributed by atoms with Crippen LogP contribution in [0, 0.1) is 0 Å². The van der Waals surface area contributed by atoms with Crippen molar-refractivity contribution < 1.29 is 18.3 Å². The second-order valence-corrected chi connectivity index (χ2v) is 12.6. The van der Waals surface area contributed by atoms with Gasteiger partial charge in [0.1, 0.15) is 0 Å². The summed E-state index contributed by atoms with van der Waals surface area (Å²) in [6, 6.07) is 24.6. The molecule has 0 heterocycles. The van der Waals surface area contributed by atoms with Gasteiger partial charge < -0.3 is 5.11 Å². The molecule has 192 valence electrons. The maximum absolute atomic E-state index is 13.7. The third-order valence-electron chi connectivity index (χ3n) is 6.14. The zero-order chi connectivity index (χ0) is 26.7. The van der Waals surface area contributed by atoms with Crippen LogP contribution in [0.1, 0.15) is 69.7 Å². The van der Waals surface area contributed by atoms with Gasteiger partial charge in [-0.05, 0) is 33.1 Å². The van der Waals surface area contributed by atoms with E-state index < -0.39 is 27.1 Å². The van der Waals surface area contributed by atoms with Crippen LogP contribution in [0.25, 0.3) is 0 Å². The largest absolute Gasteiger partial charge is 0.464 e. The Morgan fingerprint density at radius 1 is 0.778 bits per heavy atom. The second-order valence-electron chi connectivity index (χ2n) is 11.0. The van der Waals surface area contributed by atoms with Crippen molar-refractivity contribution in [2.45, 2.75) is 58.3 Å².